The number of nitrogens with two attached hydrogens (primary N) is 1. The molecule has 3 N–H and O–H groups in total. The molecule has 4 aromatic rings. The second-order valence-electron chi connectivity index (χ2n) is 5.95. The number of hydrogen-bond donors (Lipinski definition) is 2. The number of rotatable bonds is 3. The molecule has 0 saturated carbocycles. The number of oxime groups is 1. The number of halogens is 2. The molecule has 2 aromatic carbocycles. The fraction of sp³-hybridized carbons (Fsp3) is 0. The Labute approximate surface area is 153 Å². The van der Waals surface area contributed by atoms with Crippen LogP contribution in [0.15, 0.2) is 72.0 Å². The van der Waals surface area contributed by atoms with Crippen molar-refractivity contribution >= 4 is 17.2 Å². The molecule has 2 heterocycles. The summed E-state index contributed by atoms with van der Waals surface area (Å²) >= 11 is 0. The second-order valence-corrected chi connectivity index (χ2v) is 5.95. The molecule has 0 bridgehead atoms. The molecule has 5 nitrogen and oxygen atoms in total. The van der Waals surface area contributed by atoms with Crippen molar-refractivity contribution in [3.63, 3.8) is 0 Å². The van der Waals surface area contributed by atoms with Gasteiger partial charge in [0.05, 0.1) is 5.69 Å². The van der Waals surface area contributed by atoms with Crippen LogP contribution in [0, 0.1) is 11.6 Å². The van der Waals surface area contributed by atoms with Gasteiger partial charge in [0.25, 0.3) is 0 Å². The predicted octanol–water partition coefficient (Wildman–Crippen LogP) is 4.09. The van der Waals surface area contributed by atoms with Crippen LogP contribution in [0.3, 0.4) is 0 Å². The molecule has 0 spiro atoms. The summed E-state index contributed by atoms with van der Waals surface area (Å²) in [6, 6.07) is 15.0. The average Bonchev–Trinajstić information content (AvgIpc) is 3.00. The third kappa shape index (κ3) is 2.99. The Morgan fingerprint density at radius 3 is 2.11 bits per heavy atom. The lowest BCUT2D eigenvalue weighted by Crippen LogP contribution is -2.05. The van der Waals surface area contributed by atoms with Crippen molar-refractivity contribution in [3.8, 4) is 11.3 Å². The summed E-state index contributed by atoms with van der Waals surface area (Å²) in [5.74, 6) is -0.437. The summed E-state index contributed by atoms with van der Waals surface area (Å²) in [5.41, 5.74) is 9.35. The van der Waals surface area contributed by atoms with Crippen molar-refractivity contribution in [2.24, 2.45) is 5.16 Å². The molecular formula is C20H14F2N4O. The summed E-state index contributed by atoms with van der Waals surface area (Å²) in [7, 11) is 0. The Kier molecular flexibility index (Phi) is 4.04. The molecule has 2 aromatic heterocycles. The van der Waals surface area contributed by atoms with Gasteiger partial charge in [-0.05, 0) is 60.7 Å². The van der Waals surface area contributed by atoms with E-state index < -0.39 is 0 Å². The molecule has 0 unspecified atom stereocenters. The molecule has 0 aliphatic carbocycles. The molecule has 134 valence electrons. The van der Waals surface area contributed by atoms with Crippen LogP contribution in [-0.4, -0.2) is 20.3 Å². The van der Waals surface area contributed by atoms with E-state index in [-0.39, 0.29) is 17.3 Å². The van der Waals surface area contributed by atoms with Gasteiger partial charge in [-0.2, -0.15) is 0 Å². The van der Waals surface area contributed by atoms with Crippen molar-refractivity contribution in [1.29, 1.82) is 0 Å². The topological polar surface area (TPSA) is 75.9 Å². The molecule has 0 radical (unpaired) electrons. The zero-order valence-electron chi connectivity index (χ0n) is 14.0. The number of aromatic nitrogens is 2. The summed E-state index contributed by atoms with van der Waals surface area (Å²) < 4.78 is 28.2. The molecule has 0 aliphatic heterocycles. The lowest BCUT2D eigenvalue weighted by atomic mass is 10.0. The number of nitrogen functional groups attached to an aromatic ring is 1. The third-order valence-corrected chi connectivity index (χ3v) is 4.25. The molecule has 0 atom stereocenters. The molecule has 0 amide bonds. The lowest BCUT2D eigenvalue weighted by molar-refractivity contribution is 0.319. The maximum atomic E-state index is 13.3. The number of imidazole rings is 1. The molecule has 0 saturated heterocycles. The van der Waals surface area contributed by atoms with E-state index in [0.717, 1.165) is 0 Å². The van der Waals surface area contributed by atoms with Gasteiger partial charge in [0, 0.05) is 22.9 Å². The summed E-state index contributed by atoms with van der Waals surface area (Å²) in [4.78, 5) is 4.32. The van der Waals surface area contributed by atoms with Gasteiger partial charge in [-0.15, -0.1) is 0 Å². The van der Waals surface area contributed by atoms with Crippen molar-refractivity contribution in [2.75, 3.05) is 5.73 Å². The SMILES string of the molecule is Nc1nc2ccc(/C(=N/O)c3ccc(F)cc3)cn2c1-c1ccc(F)cc1. The van der Waals surface area contributed by atoms with Crippen LogP contribution in [0.1, 0.15) is 11.1 Å². The van der Waals surface area contributed by atoms with Crippen LogP contribution < -0.4 is 5.73 Å². The number of anilines is 1. The van der Waals surface area contributed by atoms with Gasteiger partial charge < -0.3 is 10.9 Å². The second kappa shape index (κ2) is 6.53. The Bertz CT molecular complexity index is 1150. The fourth-order valence-electron chi connectivity index (χ4n) is 2.99. The Morgan fingerprint density at radius 1 is 0.889 bits per heavy atom. The van der Waals surface area contributed by atoms with Gasteiger partial charge in [0.15, 0.2) is 5.82 Å². The molecule has 7 heteroatoms. The maximum Gasteiger partial charge on any atom is 0.150 e. The van der Waals surface area contributed by atoms with Crippen molar-refractivity contribution < 1.29 is 14.0 Å². The highest BCUT2D eigenvalue weighted by molar-refractivity contribution is 6.12. The van der Waals surface area contributed by atoms with Crippen LogP contribution in [0.4, 0.5) is 14.6 Å². The first-order chi connectivity index (χ1) is 13.1. The minimum atomic E-state index is -0.382. The Balaban J connectivity index is 1.87. The number of hydrogen-bond acceptors (Lipinski definition) is 4. The smallest absolute Gasteiger partial charge is 0.150 e. The van der Waals surface area contributed by atoms with E-state index >= 15 is 0 Å². The molecule has 0 fully saturated rings. The lowest BCUT2D eigenvalue weighted by Gasteiger charge is -2.08. The minimum absolute atomic E-state index is 0.272. The van der Waals surface area contributed by atoms with Gasteiger partial charge in [0.1, 0.15) is 23.0 Å². The Hall–Kier alpha value is -3.74. The average molecular weight is 364 g/mol. The van der Waals surface area contributed by atoms with E-state index in [0.29, 0.717) is 33.8 Å². The Morgan fingerprint density at radius 2 is 1.48 bits per heavy atom. The quantitative estimate of drug-likeness (QED) is 0.327. The van der Waals surface area contributed by atoms with Gasteiger partial charge in [0.2, 0.25) is 0 Å². The van der Waals surface area contributed by atoms with Gasteiger partial charge in [-0.1, -0.05) is 5.16 Å². The van der Waals surface area contributed by atoms with Crippen molar-refractivity contribution in [2.45, 2.75) is 0 Å². The van der Waals surface area contributed by atoms with Crippen LogP contribution in [-0.2, 0) is 0 Å². The maximum absolute atomic E-state index is 13.3. The van der Waals surface area contributed by atoms with E-state index in [1.54, 1.807) is 34.9 Å². The van der Waals surface area contributed by atoms with Crippen LogP contribution in [0.5, 0.6) is 0 Å². The predicted molar refractivity (Wildman–Crippen MR) is 98.8 cm³/mol. The first kappa shape index (κ1) is 16.7. The van der Waals surface area contributed by atoms with E-state index in [1.165, 1.54) is 36.4 Å². The molecular weight excluding hydrogens is 350 g/mol. The van der Waals surface area contributed by atoms with Crippen LogP contribution in [0.2, 0.25) is 0 Å². The number of pyridine rings is 1. The zero-order chi connectivity index (χ0) is 19.0. The fourth-order valence-corrected chi connectivity index (χ4v) is 2.99. The number of nitrogens with zero attached hydrogens (tertiary/aromatic N) is 3. The molecule has 27 heavy (non-hydrogen) atoms. The van der Waals surface area contributed by atoms with Crippen LogP contribution >= 0.6 is 0 Å². The molecule has 4 rings (SSSR count). The normalized spacial score (nSPS) is 11.9. The highest BCUT2D eigenvalue weighted by Crippen LogP contribution is 2.28. The van der Waals surface area contributed by atoms with Gasteiger partial charge in [-0.3, -0.25) is 4.40 Å². The minimum Gasteiger partial charge on any atom is -0.410 e. The van der Waals surface area contributed by atoms with Crippen molar-refractivity contribution in [3.05, 3.63) is 89.6 Å². The summed E-state index contributed by atoms with van der Waals surface area (Å²) in [6.07, 6.45) is 1.72. The van der Waals surface area contributed by atoms with Crippen LogP contribution in [0.25, 0.3) is 16.9 Å². The standard InChI is InChI=1S/C20H14F2N4O/c21-15-6-1-12(2-7-15)18(25-27)14-5-10-17-24-20(23)19(26(17)11-14)13-3-8-16(22)9-4-13/h1-11,27H,23H2/b25-18+. The first-order valence-corrected chi connectivity index (χ1v) is 8.08. The van der Waals surface area contributed by atoms with Crippen molar-refractivity contribution in [1.82, 2.24) is 9.38 Å². The summed E-state index contributed by atoms with van der Waals surface area (Å²) in [5, 5.41) is 12.9. The van der Waals surface area contributed by atoms with E-state index in [2.05, 4.69) is 10.1 Å². The monoisotopic (exact) mass is 364 g/mol. The number of fused-ring (bicyclic) bond motifs is 1. The van der Waals surface area contributed by atoms with E-state index in [9.17, 15) is 14.0 Å². The zero-order valence-corrected chi connectivity index (χ0v) is 14.0. The highest BCUT2D eigenvalue weighted by Gasteiger charge is 2.15. The van der Waals surface area contributed by atoms with Gasteiger partial charge >= 0.3 is 0 Å². The molecule has 0 aliphatic rings. The number of benzene rings is 2. The third-order valence-electron chi connectivity index (χ3n) is 4.25. The largest absolute Gasteiger partial charge is 0.410 e. The van der Waals surface area contributed by atoms with Gasteiger partial charge in [-0.25, -0.2) is 13.8 Å². The summed E-state index contributed by atoms with van der Waals surface area (Å²) in [6.45, 7) is 0. The highest BCUT2D eigenvalue weighted by atomic mass is 19.1. The van der Waals surface area contributed by atoms with E-state index in [4.69, 9.17) is 5.73 Å². The first-order valence-electron chi connectivity index (χ1n) is 8.08. The van der Waals surface area contributed by atoms with E-state index in [1.807, 2.05) is 0 Å².